The summed E-state index contributed by atoms with van der Waals surface area (Å²) in [5.74, 6) is 0. The Labute approximate surface area is 70.7 Å². The Balaban J connectivity index is 2.35. The first kappa shape index (κ1) is 7.32. The maximum atomic E-state index is 9.16. The standard InChI is InChI=1S/C9H12OS/c1-7-2-5-11-8(7)9(6-10)3-4-9/h2,5,10H,3-4,6H2,1H3. The first-order valence-electron chi connectivity index (χ1n) is 3.94. The van der Waals surface area contributed by atoms with E-state index in [2.05, 4.69) is 18.4 Å². The quantitative estimate of drug-likeness (QED) is 0.717. The van der Waals surface area contributed by atoms with Crippen LogP contribution in [0.1, 0.15) is 23.3 Å². The van der Waals surface area contributed by atoms with Gasteiger partial charge in [-0.05, 0) is 36.8 Å². The van der Waals surface area contributed by atoms with Crippen LogP contribution in [0.3, 0.4) is 0 Å². The molecule has 0 spiro atoms. The molecule has 1 aliphatic carbocycles. The van der Waals surface area contributed by atoms with Crippen LogP contribution in [-0.4, -0.2) is 11.7 Å². The van der Waals surface area contributed by atoms with Crippen LogP contribution in [0.25, 0.3) is 0 Å². The van der Waals surface area contributed by atoms with Gasteiger partial charge in [0.25, 0.3) is 0 Å². The molecule has 0 unspecified atom stereocenters. The van der Waals surface area contributed by atoms with Gasteiger partial charge in [0.1, 0.15) is 0 Å². The third-order valence-corrected chi connectivity index (χ3v) is 3.76. The second kappa shape index (κ2) is 2.32. The number of aliphatic hydroxyl groups is 1. The molecule has 60 valence electrons. The van der Waals surface area contributed by atoms with Gasteiger partial charge in [0.15, 0.2) is 0 Å². The lowest BCUT2D eigenvalue weighted by molar-refractivity contribution is 0.256. The second-order valence-electron chi connectivity index (χ2n) is 3.37. The summed E-state index contributed by atoms with van der Waals surface area (Å²) in [6.45, 7) is 2.45. The molecule has 0 amide bonds. The summed E-state index contributed by atoms with van der Waals surface area (Å²) >= 11 is 1.78. The van der Waals surface area contributed by atoms with Crippen molar-refractivity contribution in [2.45, 2.75) is 25.2 Å². The molecule has 1 nitrogen and oxygen atoms in total. The molecule has 1 fully saturated rings. The Bertz CT molecular complexity index is 260. The predicted molar refractivity (Wildman–Crippen MR) is 47.1 cm³/mol. The van der Waals surface area contributed by atoms with Crippen molar-refractivity contribution in [3.63, 3.8) is 0 Å². The van der Waals surface area contributed by atoms with Crippen LogP contribution in [0.5, 0.6) is 0 Å². The fraction of sp³-hybridized carbons (Fsp3) is 0.556. The molecular formula is C9H12OS. The van der Waals surface area contributed by atoms with Crippen molar-refractivity contribution in [2.24, 2.45) is 0 Å². The molecule has 2 rings (SSSR count). The van der Waals surface area contributed by atoms with Gasteiger partial charge in [-0.15, -0.1) is 11.3 Å². The van der Waals surface area contributed by atoms with Gasteiger partial charge in [-0.2, -0.15) is 0 Å². The first-order valence-corrected chi connectivity index (χ1v) is 4.82. The van der Waals surface area contributed by atoms with Crippen molar-refractivity contribution in [2.75, 3.05) is 6.61 Å². The van der Waals surface area contributed by atoms with E-state index < -0.39 is 0 Å². The van der Waals surface area contributed by atoms with Gasteiger partial charge in [-0.1, -0.05) is 0 Å². The average Bonchev–Trinajstić information content (AvgIpc) is 2.70. The van der Waals surface area contributed by atoms with Gasteiger partial charge in [0.2, 0.25) is 0 Å². The molecule has 1 aromatic heterocycles. The average molecular weight is 168 g/mol. The Morgan fingerprint density at radius 1 is 1.64 bits per heavy atom. The Morgan fingerprint density at radius 2 is 2.36 bits per heavy atom. The Hall–Kier alpha value is -0.340. The van der Waals surface area contributed by atoms with Crippen molar-refractivity contribution in [1.82, 2.24) is 0 Å². The van der Waals surface area contributed by atoms with Crippen molar-refractivity contribution >= 4 is 11.3 Å². The zero-order valence-corrected chi connectivity index (χ0v) is 7.45. The van der Waals surface area contributed by atoms with E-state index in [9.17, 15) is 0 Å². The van der Waals surface area contributed by atoms with E-state index >= 15 is 0 Å². The number of hydrogen-bond donors (Lipinski definition) is 1. The summed E-state index contributed by atoms with van der Waals surface area (Å²) < 4.78 is 0. The molecule has 0 bridgehead atoms. The summed E-state index contributed by atoms with van der Waals surface area (Å²) in [5.41, 5.74) is 1.53. The van der Waals surface area contributed by atoms with Gasteiger partial charge in [0, 0.05) is 10.3 Å². The number of aliphatic hydroxyl groups excluding tert-OH is 1. The highest BCUT2D eigenvalue weighted by Gasteiger charge is 2.45. The predicted octanol–water partition coefficient (Wildman–Crippen LogP) is 2.08. The van der Waals surface area contributed by atoms with Crippen LogP contribution in [-0.2, 0) is 5.41 Å². The molecule has 1 heterocycles. The van der Waals surface area contributed by atoms with Crippen LogP contribution in [0.2, 0.25) is 0 Å². The SMILES string of the molecule is Cc1ccsc1C1(CO)CC1. The third-order valence-electron chi connectivity index (χ3n) is 2.50. The van der Waals surface area contributed by atoms with Crippen LogP contribution in [0, 0.1) is 6.92 Å². The second-order valence-corrected chi connectivity index (χ2v) is 4.29. The lowest BCUT2D eigenvalue weighted by Gasteiger charge is -2.09. The zero-order valence-electron chi connectivity index (χ0n) is 6.63. The van der Waals surface area contributed by atoms with E-state index in [1.165, 1.54) is 23.3 Å². The van der Waals surface area contributed by atoms with Gasteiger partial charge >= 0.3 is 0 Å². The molecule has 1 aromatic rings. The lowest BCUT2D eigenvalue weighted by atomic mass is 10.0. The molecule has 0 aromatic carbocycles. The molecule has 0 saturated heterocycles. The van der Waals surface area contributed by atoms with Crippen molar-refractivity contribution < 1.29 is 5.11 Å². The van der Waals surface area contributed by atoms with E-state index in [-0.39, 0.29) is 5.41 Å². The maximum absolute atomic E-state index is 9.16. The number of rotatable bonds is 2. The molecule has 0 aliphatic heterocycles. The minimum atomic E-state index is 0.179. The summed E-state index contributed by atoms with van der Waals surface area (Å²) in [4.78, 5) is 1.40. The van der Waals surface area contributed by atoms with E-state index in [1.807, 2.05) is 0 Å². The van der Waals surface area contributed by atoms with E-state index in [0.717, 1.165) is 0 Å². The topological polar surface area (TPSA) is 20.2 Å². The summed E-state index contributed by atoms with van der Waals surface area (Å²) in [5, 5.41) is 11.3. The highest BCUT2D eigenvalue weighted by atomic mass is 32.1. The zero-order chi connectivity index (χ0) is 7.90. The van der Waals surface area contributed by atoms with Crippen molar-refractivity contribution in [3.8, 4) is 0 Å². The molecule has 0 radical (unpaired) electrons. The highest BCUT2D eigenvalue weighted by molar-refractivity contribution is 7.10. The minimum Gasteiger partial charge on any atom is -0.395 e. The van der Waals surface area contributed by atoms with Gasteiger partial charge in [-0.3, -0.25) is 0 Å². The smallest absolute Gasteiger partial charge is 0.0535 e. The molecule has 1 saturated carbocycles. The highest BCUT2D eigenvalue weighted by Crippen LogP contribution is 2.50. The number of aryl methyl sites for hydroxylation is 1. The fourth-order valence-electron chi connectivity index (χ4n) is 1.52. The molecule has 2 heteroatoms. The summed E-state index contributed by atoms with van der Waals surface area (Å²) in [6, 6.07) is 2.13. The molecule has 0 atom stereocenters. The van der Waals surface area contributed by atoms with Crippen LogP contribution >= 0.6 is 11.3 Å². The molecule has 11 heavy (non-hydrogen) atoms. The summed E-state index contributed by atoms with van der Waals surface area (Å²) in [7, 11) is 0. The summed E-state index contributed by atoms with van der Waals surface area (Å²) in [6.07, 6.45) is 2.34. The third kappa shape index (κ3) is 1.01. The Kier molecular flexibility index (Phi) is 1.55. The first-order chi connectivity index (χ1) is 5.28. The van der Waals surface area contributed by atoms with E-state index in [1.54, 1.807) is 11.3 Å². The molecule has 1 aliphatic rings. The van der Waals surface area contributed by atoms with Gasteiger partial charge < -0.3 is 5.11 Å². The number of thiophene rings is 1. The molecular weight excluding hydrogens is 156 g/mol. The Morgan fingerprint density at radius 3 is 2.73 bits per heavy atom. The van der Waals surface area contributed by atoms with Crippen LogP contribution in [0.4, 0.5) is 0 Å². The minimum absolute atomic E-state index is 0.179. The van der Waals surface area contributed by atoms with Crippen molar-refractivity contribution in [3.05, 3.63) is 21.9 Å². The van der Waals surface area contributed by atoms with E-state index in [4.69, 9.17) is 5.11 Å². The van der Waals surface area contributed by atoms with Crippen LogP contribution < -0.4 is 0 Å². The normalized spacial score (nSPS) is 20.2. The maximum Gasteiger partial charge on any atom is 0.0535 e. The molecule has 1 N–H and O–H groups in total. The number of hydrogen-bond acceptors (Lipinski definition) is 2. The van der Waals surface area contributed by atoms with Gasteiger partial charge in [-0.25, -0.2) is 0 Å². The largest absolute Gasteiger partial charge is 0.395 e. The fourth-order valence-corrected chi connectivity index (χ4v) is 2.70. The van der Waals surface area contributed by atoms with Gasteiger partial charge in [0.05, 0.1) is 6.61 Å². The monoisotopic (exact) mass is 168 g/mol. The lowest BCUT2D eigenvalue weighted by Crippen LogP contribution is -2.10. The van der Waals surface area contributed by atoms with Crippen molar-refractivity contribution in [1.29, 1.82) is 0 Å². The van der Waals surface area contributed by atoms with Crippen LogP contribution in [0.15, 0.2) is 11.4 Å². The van der Waals surface area contributed by atoms with E-state index in [0.29, 0.717) is 6.61 Å².